The first-order chi connectivity index (χ1) is 13.7. The largest absolute Gasteiger partial charge is 0.336 e. The van der Waals surface area contributed by atoms with E-state index in [4.69, 9.17) is 0 Å². The third kappa shape index (κ3) is 3.21. The van der Waals surface area contributed by atoms with Gasteiger partial charge in [0, 0.05) is 31.0 Å². The molecule has 150 valence electrons. The summed E-state index contributed by atoms with van der Waals surface area (Å²) in [6.07, 6.45) is 4.11. The molecule has 0 radical (unpaired) electrons. The fourth-order valence-electron chi connectivity index (χ4n) is 3.15. The number of amides is 3. The van der Waals surface area contributed by atoms with Crippen LogP contribution in [0.15, 0.2) is 47.8 Å². The predicted octanol–water partition coefficient (Wildman–Crippen LogP) is 0.121. The molecule has 12 heteroatoms. The molecular weight excluding hydrogens is 403 g/mol. The fraction of sp³-hybridized carbons (Fsp3) is 0.176. The first kappa shape index (κ1) is 19.0. The molecule has 1 aliphatic rings. The zero-order valence-corrected chi connectivity index (χ0v) is 15.8. The monoisotopic (exact) mass is 418 g/mol. The van der Waals surface area contributed by atoms with Crippen LogP contribution in [-0.4, -0.2) is 41.4 Å². The van der Waals surface area contributed by atoms with Crippen LogP contribution in [0.1, 0.15) is 5.82 Å². The number of imide groups is 1. The quantitative estimate of drug-likeness (QED) is 0.504. The van der Waals surface area contributed by atoms with E-state index in [0.29, 0.717) is 10.9 Å². The zero-order valence-electron chi connectivity index (χ0n) is 15.0. The molecule has 0 bridgehead atoms. The van der Waals surface area contributed by atoms with Crippen molar-refractivity contribution in [2.45, 2.75) is 10.4 Å². The van der Waals surface area contributed by atoms with Gasteiger partial charge >= 0.3 is 6.03 Å². The van der Waals surface area contributed by atoms with Crippen LogP contribution >= 0.6 is 0 Å². The summed E-state index contributed by atoms with van der Waals surface area (Å²) in [7, 11) is -2.53. The van der Waals surface area contributed by atoms with Gasteiger partial charge in [-0.25, -0.2) is 27.3 Å². The maximum absolute atomic E-state index is 13.5. The number of carbonyl (C=O) groups excluding carboxylic acids is 2. The van der Waals surface area contributed by atoms with E-state index >= 15 is 0 Å². The highest BCUT2D eigenvalue weighted by molar-refractivity contribution is 7.89. The molecular formula is C17H15FN6O4S. The van der Waals surface area contributed by atoms with Gasteiger partial charge in [-0.2, -0.15) is 0 Å². The number of imidazole rings is 1. The number of aromatic nitrogens is 3. The van der Waals surface area contributed by atoms with Crippen LogP contribution in [-0.2, 0) is 27.4 Å². The molecule has 1 saturated heterocycles. The molecule has 1 aromatic carbocycles. The summed E-state index contributed by atoms with van der Waals surface area (Å²) in [5.41, 5.74) is -1.30. The Labute approximate surface area is 164 Å². The summed E-state index contributed by atoms with van der Waals surface area (Å²) in [6.45, 7) is -0.487. The lowest BCUT2D eigenvalue weighted by atomic mass is 9.99. The molecule has 1 fully saturated rings. The van der Waals surface area contributed by atoms with Crippen molar-refractivity contribution in [1.29, 1.82) is 0 Å². The van der Waals surface area contributed by atoms with Crippen LogP contribution in [0, 0.1) is 5.82 Å². The summed E-state index contributed by atoms with van der Waals surface area (Å²) >= 11 is 0. The molecule has 1 atom stereocenters. The number of carbonyl (C=O) groups is 2. The molecule has 1 unspecified atom stereocenters. The van der Waals surface area contributed by atoms with Gasteiger partial charge in [-0.05, 0) is 24.3 Å². The van der Waals surface area contributed by atoms with Crippen LogP contribution in [0.4, 0.5) is 9.18 Å². The molecule has 3 amide bonds. The van der Waals surface area contributed by atoms with E-state index in [2.05, 4.69) is 25.3 Å². The lowest BCUT2D eigenvalue weighted by Gasteiger charge is -2.25. The SMILES string of the molecule is Cn1ccnc1C1(CNS(=O)(=O)c2cnc3ccc(F)cc3c2)NC(=O)NC1=O. The van der Waals surface area contributed by atoms with Gasteiger partial charge in [-0.3, -0.25) is 15.1 Å². The number of fused-ring (bicyclic) bond motifs is 1. The van der Waals surface area contributed by atoms with Crippen molar-refractivity contribution in [2.24, 2.45) is 7.05 Å². The molecule has 10 nitrogen and oxygen atoms in total. The number of rotatable bonds is 5. The predicted molar refractivity (Wildman–Crippen MR) is 98.4 cm³/mol. The number of urea groups is 1. The van der Waals surface area contributed by atoms with E-state index < -0.39 is 39.9 Å². The highest BCUT2D eigenvalue weighted by atomic mass is 32.2. The Balaban J connectivity index is 1.68. The number of pyridine rings is 1. The maximum Gasteiger partial charge on any atom is 0.322 e. The molecule has 0 spiro atoms. The Morgan fingerprint density at radius 1 is 1.24 bits per heavy atom. The molecule has 3 heterocycles. The molecule has 0 aliphatic carbocycles. The minimum atomic E-state index is -4.14. The minimum absolute atomic E-state index is 0.155. The van der Waals surface area contributed by atoms with Crippen molar-refractivity contribution < 1.29 is 22.4 Å². The number of halogens is 1. The Bertz CT molecular complexity index is 1260. The summed E-state index contributed by atoms with van der Waals surface area (Å²) in [6, 6.07) is 4.33. The smallest absolute Gasteiger partial charge is 0.322 e. The van der Waals surface area contributed by atoms with Gasteiger partial charge in [0.05, 0.1) is 12.1 Å². The summed E-state index contributed by atoms with van der Waals surface area (Å²) in [5, 5.41) is 4.85. The standard InChI is InChI=1S/C17H15FN6O4S/c1-24-5-4-19-14(24)17(15(25)22-16(26)23-17)9-21-29(27,28)12-7-10-6-11(18)2-3-13(10)20-8-12/h2-8,21H,9H2,1H3,(H2,22,23,25,26). The molecule has 3 aromatic rings. The number of nitrogens with zero attached hydrogens (tertiary/aromatic N) is 3. The summed E-state index contributed by atoms with van der Waals surface area (Å²) < 4.78 is 42.8. The Morgan fingerprint density at radius 3 is 2.69 bits per heavy atom. The first-order valence-corrected chi connectivity index (χ1v) is 9.86. The molecule has 3 N–H and O–H groups in total. The van der Waals surface area contributed by atoms with Gasteiger partial charge < -0.3 is 9.88 Å². The van der Waals surface area contributed by atoms with E-state index in [1.807, 2.05) is 0 Å². The Morgan fingerprint density at radius 2 is 2.03 bits per heavy atom. The van der Waals surface area contributed by atoms with Crippen LogP contribution in [0.25, 0.3) is 10.9 Å². The van der Waals surface area contributed by atoms with Gasteiger partial charge in [0.1, 0.15) is 16.5 Å². The molecule has 1 aliphatic heterocycles. The Kier molecular flexibility index (Phi) is 4.31. The van der Waals surface area contributed by atoms with E-state index in [9.17, 15) is 22.4 Å². The number of hydrogen-bond acceptors (Lipinski definition) is 6. The van der Waals surface area contributed by atoms with Crippen molar-refractivity contribution in [3.8, 4) is 0 Å². The lowest BCUT2D eigenvalue weighted by molar-refractivity contribution is -0.124. The minimum Gasteiger partial charge on any atom is -0.336 e. The maximum atomic E-state index is 13.5. The number of benzene rings is 1. The molecule has 0 saturated carbocycles. The zero-order chi connectivity index (χ0) is 20.8. The third-order valence-electron chi connectivity index (χ3n) is 4.60. The van der Waals surface area contributed by atoms with E-state index in [0.717, 1.165) is 6.20 Å². The average molecular weight is 418 g/mol. The normalized spacial score (nSPS) is 19.4. The van der Waals surface area contributed by atoms with Crippen molar-refractivity contribution in [3.05, 3.63) is 54.5 Å². The van der Waals surface area contributed by atoms with Gasteiger partial charge in [0.25, 0.3) is 5.91 Å². The van der Waals surface area contributed by atoms with Gasteiger partial charge in [-0.15, -0.1) is 0 Å². The number of sulfonamides is 1. The highest BCUT2D eigenvalue weighted by Gasteiger charge is 2.51. The Hall–Kier alpha value is -3.38. The van der Waals surface area contributed by atoms with Crippen molar-refractivity contribution in [2.75, 3.05) is 6.54 Å². The second-order valence-corrected chi connectivity index (χ2v) is 8.27. The number of nitrogens with one attached hydrogen (secondary N) is 3. The van der Waals surface area contributed by atoms with E-state index in [1.54, 1.807) is 13.2 Å². The van der Waals surface area contributed by atoms with Gasteiger partial charge in [0.15, 0.2) is 5.54 Å². The number of aryl methyl sites for hydroxylation is 1. The first-order valence-electron chi connectivity index (χ1n) is 8.38. The van der Waals surface area contributed by atoms with Crippen molar-refractivity contribution in [3.63, 3.8) is 0 Å². The van der Waals surface area contributed by atoms with Crippen molar-refractivity contribution >= 4 is 32.9 Å². The highest BCUT2D eigenvalue weighted by Crippen LogP contribution is 2.24. The van der Waals surface area contributed by atoms with Crippen LogP contribution in [0.5, 0.6) is 0 Å². The van der Waals surface area contributed by atoms with Gasteiger partial charge in [0.2, 0.25) is 10.0 Å². The second-order valence-electron chi connectivity index (χ2n) is 6.51. The van der Waals surface area contributed by atoms with Crippen LogP contribution < -0.4 is 15.4 Å². The number of hydrogen-bond donors (Lipinski definition) is 3. The van der Waals surface area contributed by atoms with Crippen molar-refractivity contribution in [1.82, 2.24) is 29.9 Å². The molecule has 4 rings (SSSR count). The fourth-order valence-corrected chi connectivity index (χ4v) is 4.19. The van der Waals surface area contributed by atoms with E-state index in [1.165, 1.54) is 35.0 Å². The third-order valence-corrected chi connectivity index (χ3v) is 5.97. The molecule has 29 heavy (non-hydrogen) atoms. The van der Waals surface area contributed by atoms with Crippen LogP contribution in [0.2, 0.25) is 0 Å². The summed E-state index contributed by atoms with van der Waals surface area (Å²) in [4.78, 5) is 32.1. The second kappa shape index (κ2) is 6.60. The van der Waals surface area contributed by atoms with Crippen LogP contribution in [0.3, 0.4) is 0 Å². The van der Waals surface area contributed by atoms with Gasteiger partial charge in [-0.1, -0.05) is 0 Å². The topological polar surface area (TPSA) is 135 Å². The molecule has 2 aromatic heterocycles. The van der Waals surface area contributed by atoms with E-state index in [-0.39, 0.29) is 10.7 Å². The average Bonchev–Trinajstić information content (AvgIpc) is 3.22. The summed E-state index contributed by atoms with van der Waals surface area (Å²) in [5.74, 6) is -1.11. The lowest BCUT2D eigenvalue weighted by Crippen LogP contribution is -2.53.